The molecule has 0 aromatic heterocycles. The molecule has 3 aromatic rings. The second kappa shape index (κ2) is 7.97. The van der Waals surface area contributed by atoms with Crippen molar-refractivity contribution in [1.29, 1.82) is 0 Å². The Balaban J connectivity index is 1.59. The second-order valence-electron chi connectivity index (χ2n) is 7.96. The molecule has 0 N–H and O–H groups in total. The summed E-state index contributed by atoms with van der Waals surface area (Å²) in [5, 5.41) is -0.623. The molecule has 1 aliphatic carbocycles. The van der Waals surface area contributed by atoms with E-state index < -0.39 is 40.3 Å². The van der Waals surface area contributed by atoms with Crippen molar-refractivity contribution in [3.05, 3.63) is 81.9 Å². The molecule has 0 aliphatic heterocycles. The van der Waals surface area contributed by atoms with Gasteiger partial charge in [-0.3, -0.25) is 0 Å². The fourth-order valence-corrected chi connectivity index (χ4v) is 4.59. The highest BCUT2D eigenvalue weighted by molar-refractivity contribution is 5.84. The Hall–Kier alpha value is -2.50. The van der Waals surface area contributed by atoms with Crippen molar-refractivity contribution in [1.82, 2.24) is 0 Å². The second-order valence-corrected chi connectivity index (χ2v) is 7.96. The number of hydrogen-bond acceptors (Lipinski definition) is 0. The number of benzene rings is 3. The highest BCUT2D eigenvalue weighted by Crippen LogP contribution is 2.43. The van der Waals surface area contributed by atoms with Crippen LogP contribution in [0.4, 0.5) is 26.3 Å². The molecule has 3 aromatic carbocycles. The maximum atomic E-state index is 14.5. The van der Waals surface area contributed by atoms with Gasteiger partial charge >= 0.3 is 0 Å². The van der Waals surface area contributed by atoms with Gasteiger partial charge in [-0.15, -0.1) is 0 Å². The fraction of sp³-hybridized carbons (Fsp3) is 0.333. The molecule has 0 saturated heterocycles. The van der Waals surface area contributed by atoms with Gasteiger partial charge in [-0.2, -0.15) is 0 Å². The van der Waals surface area contributed by atoms with E-state index in [1.807, 2.05) is 6.92 Å². The number of aryl methyl sites for hydroxylation is 1. The van der Waals surface area contributed by atoms with Crippen molar-refractivity contribution in [3.8, 4) is 0 Å². The number of halogens is 6. The van der Waals surface area contributed by atoms with Crippen molar-refractivity contribution in [3.63, 3.8) is 0 Å². The summed E-state index contributed by atoms with van der Waals surface area (Å²) in [4.78, 5) is 0. The van der Waals surface area contributed by atoms with Crippen LogP contribution >= 0.6 is 0 Å². The molecule has 4 rings (SSSR count). The number of fused-ring (bicyclic) bond motifs is 1. The first kappa shape index (κ1) is 20.8. The lowest BCUT2D eigenvalue weighted by Gasteiger charge is -2.30. The van der Waals surface area contributed by atoms with Crippen LogP contribution in [0.1, 0.15) is 61.1 Å². The number of hydrogen-bond donors (Lipinski definition) is 0. The van der Waals surface area contributed by atoms with E-state index in [9.17, 15) is 26.3 Å². The molecule has 1 saturated carbocycles. The van der Waals surface area contributed by atoms with Crippen LogP contribution in [0.25, 0.3) is 10.8 Å². The third-order valence-corrected chi connectivity index (χ3v) is 6.20. The van der Waals surface area contributed by atoms with Gasteiger partial charge in [0.15, 0.2) is 17.5 Å². The van der Waals surface area contributed by atoms with Crippen LogP contribution in [0.3, 0.4) is 0 Å². The van der Waals surface area contributed by atoms with E-state index in [2.05, 4.69) is 0 Å². The van der Waals surface area contributed by atoms with Crippen molar-refractivity contribution in [2.75, 3.05) is 0 Å². The Morgan fingerprint density at radius 1 is 0.667 bits per heavy atom. The smallest absolute Gasteiger partial charge is 0.195 e. The van der Waals surface area contributed by atoms with E-state index >= 15 is 0 Å². The number of rotatable bonds is 3. The highest BCUT2D eigenvalue weighted by Gasteiger charge is 2.29. The van der Waals surface area contributed by atoms with Gasteiger partial charge in [0.2, 0.25) is 0 Å². The van der Waals surface area contributed by atoms with Gasteiger partial charge in [-0.05, 0) is 84.7 Å². The lowest BCUT2D eigenvalue weighted by Crippen LogP contribution is -2.15. The van der Waals surface area contributed by atoms with Gasteiger partial charge in [0.1, 0.15) is 17.5 Å². The monoisotopic (exact) mass is 422 g/mol. The van der Waals surface area contributed by atoms with E-state index in [-0.39, 0.29) is 22.8 Å². The minimum Gasteiger partial charge on any atom is -0.207 e. The van der Waals surface area contributed by atoms with Crippen LogP contribution in [0, 0.1) is 34.9 Å². The van der Waals surface area contributed by atoms with E-state index in [4.69, 9.17) is 0 Å². The summed E-state index contributed by atoms with van der Waals surface area (Å²) in [6.45, 7) is 1.83. The summed E-state index contributed by atoms with van der Waals surface area (Å²) >= 11 is 0. The molecule has 0 heterocycles. The van der Waals surface area contributed by atoms with E-state index in [1.54, 1.807) is 0 Å². The van der Waals surface area contributed by atoms with Gasteiger partial charge in [0, 0.05) is 5.56 Å². The molecule has 30 heavy (non-hydrogen) atoms. The zero-order chi connectivity index (χ0) is 21.6. The average molecular weight is 422 g/mol. The Bertz CT molecular complexity index is 1090. The standard InChI is InChI=1S/C24H20F6/c1-2-12-7-17(25)21(18(26)8-12)14-5-3-13(4-6-14)15-9-16-11-20(28)23(29)24(30)22(16)19(27)10-15/h7-11,13-14H,2-6H2,1H3. The van der Waals surface area contributed by atoms with E-state index in [0.717, 1.165) is 12.1 Å². The molecule has 6 heteroatoms. The average Bonchev–Trinajstić information content (AvgIpc) is 2.71. The molecule has 0 unspecified atom stereocenters. The molecule has 1 fully saturated rings. The van der Waals surface area contributed by atoms with Crippen molar-refractivity contribution >= 4 is 10.8 Å². The van der Waals surface area contributed by atoms with Gasteiger partial charge in [-0.1, -0.05) is 13.0 Å². The summed E-state index contributed by atoms with van der Waals surface area (Å²) in [7, 11) is 0. The van der Waals surface area contributed by atoms with Crippen LogP contribution in [0.15, 0.2) is 30.3 Å². The molecular weight excluding hydrogens is 402 g/mol. The van der Waals surface area contributed by atoms with E-state index in [0.29, 0.717) is 43.2 Å². The van der Waals surface area contributed by atoms with Gasteiger partial charge in [-0.25, -0.2) is 26.3 Å². The van der Waals surface area contributed by atoms with E-state index in [1.165, 1.54) is 18.2 Å². The maximum absolute atomic E-state index is 14.5. The Labute approximate surface area is 170 Å². The zero-order valence-electron chi connectivity index (χ0n) is 16.3. The van der Waals surface area contributed by atoms with Crippen molar-refractivity contribution in [2.45, 2.75) is 50.9 Å². The Kier molecular flexibility index (Phi) is 5.51. The first-order valence-electron chi connectivity index (χ1n) is 10.0. The summed E-state index contributed by atoms with van der Waals surface area (Å²) in [6.07, 6.45) is 2.66. The summed E-state index contributed by atoms with van der Waals surface area (Å²) < 4.78 is 84.3. The van der Waals surface area contributed by atoms with Gasteiger partial charge in [0.25, 0.3) is 0 Å². The summed E-state index contributed by atoms with van der Waals surface area (Å²) in [5.74, 6) is -7.04. The predicted octanol–water partition coefficient (Wildman–Crippen LogP) is 7.68. The minimum atomic E-state index is -1.70. The van der Waals surface area contributed by atoms with Crippen LogP contribution in [-0.4, -0.2) is 0 Å². The largest absolute Gasteiger partial charge is 0.207 e. The topological polar surface area (TPSA) is 0 Å². The third-order valence-electron chi connectivity index (χ3n) is 6.20. The Morgan fingerprint density at radius 2 is 1.27 bits per heavy atom. The SMILES string of the molecule is CCc1cc(F)c(C2CCC(c3cc(F)c4c(F)c(F)c(F)cc4c3)CC2)c(F)c1. The van der Waals surface area contributed by atoms with Gasteiger partial charge < -0.3 is 0 Å². The van der Waals surface area contributed by atoms with Crippen LogP contribution in [0.5, 0.6) is 0 Å². The van der Waals surface area contributed by atoms with Crippen molar-refractivity contribution < 1.29 is 26.3 Å². The predicted molar refractivity (Wildman–Crippen MR) is 103 cm³/mol. The maximum Gasteiger partial charge on any atom is 0.195 e. The molecule has 0 nitrogen and oxygen atoms in total. The summed E-state index contributed by atoms with van der Waals surface area (Å²) in [6, 6.07) is 6.13. The first-order valence-corrected chi connectivity index (χ1v) is 10.0. The molecule has 0 radical (unpaired) electrons. The molecule has 0 bridgehead atoms. The third kappa shape index (κ3) is 3.57. The molecule has 0 amide bonds. The van der Waals surface area contributed by atoms with Crippen LogP contribution in [0.2, 0.25) is 0 Å². The molecule has 0 spiro atoms. The highest BCUT2D eigenvalue weighted by atomic mass is 19.2. The molecular formula is C24H20F6. The fourth-order valence-electron chi connectivity index (χ4n) is 4.59. The van der Waals surface area contributed by atoms with Crippen LogP contribution in [-0.2, 0) is 6.42 Å². The van der Waals surface area contributed by atoms with Gasteiger partial charge in [0.05, 0.1) is 5.39 Å². The quantitative estimate of drug-likeness (QED) is 0.300. The zero-order valence-corrected chi connectivity index (χ0v) is 16.3. The molecule has 158 valence electrons. The van der Waals surface area contributed by atoms with Crippen LogP contribution < -0.4 is 0 Å². The summed E-state index contributed by atoms with van der Waals surface area (Å²) in [5.41, 5.74) is 1.24. The Morgan fingerprint density at radius 3 is 1.87 bits per heavy atom. The lowest BCUT2D eigenvalue weighted by molar-refractivity contribution is 0.376. The molecule has 0 atom stereocenters. The van der Waals surface area contributed by atoms with Crippen molar-refractivity contribution in [2.24, 2.45) is 0 Å². The lowest BCUT2D eigenvalue weighted by atomic mass is 9.75. The minimum absolute atomic E-state index is 0.0456. The first-order chi connectivity index (χ1) is 14.3. The molecule has 1 aliphatic rings. The normalized spacial score (nSPS) is 19.4.